The number of rotatable bonds is 3. The molecule has 0 saturated heterocycles. The number of carboxylic acids is 1. The summed E-state index contributed by atoms with van der Waals surface area (Å²) in [5.41, 5.74) is 1.45. The number of nitrogens with zero attached hydrogens (tertiary/aromatic N) is 1. The van der Waals surface area contributed by atoms with Crippen molar-refractivity contribution in [3.05, 3.63) is 42.0 Å². The molecule has 0 aliphatic carbocycles. The number of benzene rings is 1. The maximum absolute atomic E-state index is 12.0. The summed E-state index contributed by atoms with van der Waals surface area (Å²) in [6.07, 6.45) is 2.50. The van der Waals surface area contributed by atoms with Crippen molar-refractivity contribution in [3.63, 3.8) is 0 Å². The molecule has 1 amide bonds. The minimum Gasteiger partial charge on any atom is -0.478 e. The highest BCUT2D eigenvalue weighted by Gasteiger charge is 2.28. The van der Waals surface area contributed by atoms with E-state index in [1.807, 2.05) is 6.07 Å². The highest BCUT2D eigenvalue weighted by molar-refractivity contribution is 6.01. The number of carbonyl (C=O) groups is 2. The zero-order chi connectivity index (χ0) is 13.8. The van der Waals surface area contributed by atoms with Gasteiger partial charge in [0.25, 0.3) is 0 Å². The van der Waals surface area contributed by atoms with Crippen LogP contribution in [0.3, 0.4) is 0 Å². The van der Waals surface area contributed by atoms with Gasteiger partial charge in [0.15, 0.2) is 0 Å². The first-order valence-corrected chi connectivity index (χ1v) is 6.05. The summed E-state index contributed by atoms with van der Waals surface area (Å²) in [5, 5.41) is 9.22. The Morgan fingerprint density at radius 3 is 2.95 bits per heavy atom. The Hall–Kier alpha value is -2.30. The number of ether oxygens (including phenoxy) is 1. The second-order valence-corrected chi connectivity index (χ2v) is 4.24. The van der Waals surface area contributed by atoms with E-state index in [-0.39, 0.29) is 12.2 Å². The summed E-state index contributed by atoms with van der Waals surface area (Å²) in [4.78, 5) is 24.6. The molecule has 1 heterocycles. The molecule has 100 valence electrons. The zero-order valence-corrected chi connectivity index (χ0v) is 10.5. The van der Waals surface area contributed by atoms with E-state index in [1.165, 1.54) is 17.0 Å². The maximum Gasteiger partial charge on any atom is 0.414 e. The fraction of sp³-hybridized carbons (Fsp3) is 0.286. The zero-order valence-electron chi connectivity index (χ0n) is 10.5. The van der Waals surface area contributed by atoms with Crippen molar-refractivity contribution >= 4 is 17.7 Å². The molecule has 0 spiro atoms. The average molecular weight is 261 g/mol. The van der Waals surface area contributed by atoms with E-state index in [1.54, 1.807) is 6.07 Å². The van der Waals surface area contributed by atoms with Crippen molar-refractivity contribution in [3.8, 4) is 0 Å². The number of aryl methyl sites for hydroxylation is 1. The van der Waals surface area contributed by atoms with E-state index in [0.717, 1.165) is 18.4 Å². The number of anilines is 1. The molecule has 1 aliphatic heterocycles. The third kappa shape index (κ3) is 2.59. The van der Waals surface area contributed by atoms with Crippen LogP contribution in [0, 0.1) is 0 Å². The van der Waals surface area contributed by atoms with Crippen molar-refractivity contribution in [2.75, 3.05) is 18.1 Å². The van der Waals surface area contributed by atoms with Gasteiger partial charge in [0, 0.05) is 6.54 Å². The van der Waals surface area contributed by atoms with Crippen LogP contribution in [0.25, 0.3) is 0 Å². The molecule has 0 bridgehead atoms. The van der Waals surface area contributed by atoms with Crippen LogP contribution in [0.15, 0.2) is 30.9 Å². The van der Waals surface area contributed by atoms with Gasteiger partial charge in [-0.2, -0.15) is 0 Å². The summed E-state index contributed by atoms with van der Waals surface area (Å²) in [7, 11) is 0. The molecular weight excluding hydrogens is 246 g/mol. The number of aromatic carboxylic acids is 1. The topological polar surface area (TPSA) is 66.8 Å². The third-order valence-corrected chi connectivity index (χ3v) is 2.99. The maximum atomic E-state index is 12.0. The van der Waals surface area contributed by atoms with Gasteiger partial charge in [-0.15, -0.1) is 0 Å². The first-order valence-electron chi connectivity index (χ1n) is 6.05. The average Bonchev–Trinajstić information content (AvgIpc) is 2.43. The summed E-state index contributed by atoms with van der Waals surface area (Å²) in [5.74, 6) is -1.04. The van der Waals surface area contributed by atoms with Crippen LogP contribution in [0.5, 0.6) is 0 Å². The van der Waals surface area contributed by atoms with Gasteiger partial charge >= 0.3 is 12.1 Å². The van der Waals surface area contributed by atoms with E-state index >= 15 is 0 Å². The van der Waals surface area contributed by atoms with Crippen LogP contribution in [0.4, 0.5) is 10.5 Å². The molecule has 5 nitrogen and oxygen atoms in total. The molecule has 0 unspecified atom stereocenters. The second-order valence-electron chi connectivity index (χ2n) is 4.24. The number of carbonyl (C=O) groups excluding carboxylic acids is 1. The van der Waals surface area contributed by atoms with Crippen LogP contribution in [0.2, 0.25) is 0 Å². The highest BCUT2D eigenvalue weighted by atomic mass is 16.6. The van der Waals surface area contributed by atoms with Crippen molar-refractivity contribution in [1.82, 2.24) is 0 Å². The normalized spacial score (nSPS) is 13.6. The van der Waals surface area contributed by atoms with Gasteiger partial charge in [0.1, 0.15) is 6.61 Å². The van der Waals surface area contributed by atoms with E-state index < -0.39 is 12.1 Å². The Labute approximate surface area is 111 Å². The molecule has 1 aliphatic rings. The van der Waals surface area contributed by atoms with Gasteiger partial charge in [-0.05, 0) is 24.5 Å². The molecule has 0 aromatic heterocycles. The summed E-state index contributed by atoms with van der Waals surface area (Å²) in [6.45, 7) is 4.05. The van der Waals surface area contributed by atoms with E-state index in [4.69, 9.17) is 4.74 Å². The van der Waals surface area contributed by atoms with Crippen LogP contribution >= 0.6 is 0 Å². The fourth-order valence-electron chi connectivity index (χ4n) is 2.21. The number of amides is 1. The van der Waals surface area contributed by atoms with Gasteiger partial charge in [-0.1, -0.05) is 24.8 Å². The Morgan fingerprint density at radius 2 is 2.26 bits per heavy atom. The fourth-order valence-corrected chi connectivity index (χ4v) is 2.21. The number of carboxylic acid groups (broad SMARTS) is 1. The van der Waals surface area contributed by atoms with Crippen LogP contribution < -0.4 is 4.90 Å². The van der Waals surface area contributed by atoms with Crippen molar-refractivity contribution in [2.45, 2.75) is 12.8 Å². The number of hydrogen-bond donors (Lipinski definition) is 1. The summed E-state index contributed by atoms with van der Waals surface area (Å²) >= 11 is 0. The monoisotopic (exact) mass is 261 g/mol. The highest BCUT2D eigenvalue weighted by Crippen LogP contribution is 2.31. The first kappa shape index (κ1) is 13.1. The van der Waals surface area contributed by atoms with Gasteiger partial charge < -0.3 is 9.84 Å². The predicted octanol–water partition coefficient (Wildman–Crippen LogP) is 2.46. The largest absolute Gasteiger partial charge is 0.478 e. The van der Waals surface area contributed by atoms with Crippen LogP contribution in [-0.4, -0.2) is 30.3 Å². The lowest BCUT2D eigenvalue weighted by Gasteiger charge is -2.29. The first-order chi connectivity index (χ1) is 9.15. The van der Waals surface area contributed by atoms with Gasteiger partial charge in [0.2, 0.25) is 0 Å². The van der Waals surface area contributed by atoms with Gasteiger partial charge in [0.05, 0.1) is 11.3 Å². The lowest BCUT2D eigenvalue weighted by molar-refractivity contribution is 0.0697. The van der Waals surface area contributed by atoms with E-state index in [0.29, 0.717) is 12.2 Å². The Balaban J connectivity index is 2.39. The minimum absolute atomic E-state index is 0.111. The Morgan fingerprint density at radius 1 is 1.47 bits per heavy atom. The number of hydrogen-bond acceptors (Lipinski definition) is 3. The van der Waals surface area contributed by atoms with Crippen molar-refractivity contribution in [1.29, 1.82) is 0 Å². The molecule has 0 saturated carbocycles. The van der Waals surface area contributed by atoms with Gasteiger partial charge in [-0.3, -0.25) is 4.90 Å². The molecule has 0 fully saturated rings. The van der Waals surface area contributed by atoms with E-state index in [9.17, 15) is 14.7 Å². The smallest absolute Gasteiger partial charge is 0.414 e. The minimum atomic E-state index is -1.04. The molecule has 1 aromatic carbocycles. The lowest BCUT2D eigenvalue weighted by Crippen LogP contribution is -2.37. The molecule has 1 N–H and O–H groups in total. The standard InChI is InChI=1S/C14H15NO4/c1-2-9-19-14(18)15-8-4-6-10-5-3-7-11(12(10)15)13(16)17/h2-3,5,7H,1,4,6,8-9H2,(H,16,17). The molecule has 0 atom stereocenters. The van der Waals surface area contributed by atoms with Crippen LogP contribution in [-0.2, 0) is 11.2 Å². The third-order valence-electron chi connectivity index (χ3n) is 2.99. The molecule has 0 radical (unpaired) electrons. The van der Waals surface area contributed by atoms with Crippen LogP contribution in [0.1, 0.15) is 22.3 Å². The molecule has 5 heteroatoms. The second kappa shape index (κ2) is 5.56. The van der Waals surface area contributed by atoms with Gasteiger partial charge in [-0.25, -0.2) is 9.59 Å². The Kier molecular flexibility index (Phi) is 3.85. The quantitative estimate of drug-likeness (QED) is 0.849. The summed E-state index contributed by atoms with van der Waals surface area (Å²) in [6, 6.07) is 5.04. The molecule has 2 rings (SSSR count). The molecular formula is C14H15NO4. The van der Waals surface area contributed by atoms with Crippen molar-refractivity contribution < 1.29 is 19.4 Å². The SMILES string of the molecule is C=CCOC(=O)N1CCCc2cccc(C(=O)O)c21. The number of para-hydroxylation sites is 1. The Bertz CT molecular complexity index is 524. The molecule has 1 aromatic rings. The van der Waals surface area contributed by atoms with Crippen molar-refractivity contribution in [2.24, 2.45) is 0 Å². The predicted molar refractivity (Wildman–Crippen MR) is 70.6 cm³/mol. The van der Waals surface area contributed by atoms with E-state index in [2.05, 4.69) is 6.58 Å². The molecule has 19 heavy (non-hydrogen) atoms. The summed E-state index contributed by atoms with van der Waals surface area (Å²) < 4.78 is 5.00. The number of fused-ring (bicyclic) bond motifs is 1. The lowest BCUT2D eigenvalue weighted by atomic mass is 9.98.